The molecule has 8 heteroatoms. The number of halogens is 1. The highest BCUT2D eigenvalue weighted by atomic mass is 32.2. The number of nitrogens with zero attached hydrogens (tertiary/aromatic N) is 2. The number of aromatic nitrogens is 2. The van der Waals surface area contributed by atoms with Gasteiger partial charge >= 0.3 is 5.97 Å². The summed E-state index contributed by atoms with van der Waals surface area (Å²) < 4.78 is 41.1. The highest BCUT2D eigenvalue weighted by molar-refractivity contribution is 7.90. The number of carboxylic acid groups (broad SMARTS) is 1. The van der Waals surface area contributed by atoms with Crippen LogP contribution in [0.1, 0.15) is 27.3 Å². The minimum atomic E-state index is -4.26. The van der Waals surface area contributed by atoms with Crippen LogP contribution >= 0.6 is 0 Å². The SMILES string of the molecule is Cc1ccc(S(=O)(=O)n2c(C(=O)O)c(C)c3c(F)cc(C)nc32)cc1. The van der Waals surface area contributed by atoms with Gasteiger partial charge in [0, 0.05) is 5.69 Å². The van der Waals surface area contributed by atoms with Gasteiger partial charge in [0.1, 0.15) is 11.5 Å². The van der Waals surface area contributed by atoms with Gasteiger partial charge in [-0.2, -0.15) is 0 Å². The van der Waals surface area contributed by atoms with E-state index in [1.165, 1.54) is 26.0 Å². The summed E-state index contributed by atoms with van der Waals surface area (Å²) in [7, 11) is -4.26. The van der Waals surface area contributed by atoms with E-state index < -0.39 is 27.5 Å². The molecule has 0 radical (unpaired) electrons. The molecule has 0 saturated carbocycles. The van der Waals surface area contributed by atoms with Crippen molar-refractivity contribution in [1.82, 2.24) is 8.96 Å². The molecule has 0 saturated heterocycles. The lowest BCUT2D eigenvalue weighted by Gasteiger charge is -2.10. The van der Waals surface area contributed by atoms with Crippen LogP contribution in [0.4, 0.5) is 4.39 Å². The van der Waals surface area contributed by atoms with E-state index >= 15 is 0 Å². The Morgan fingerprint density at radius 2 is 1.76 bits per heavy atom. The summed E-state index contributed by atoms with van der Waals surface area (Å²) in [4.78, 5) is 15.7. The molecule has 2 aromatic heterocycles. The number of rotatable bonds is 3. The zero-order chi connectivity index (χ0) is 18.5. The van der Waals surface area contributed by atoms with E-state index in [1.54, 1.807) is 19.1 Å². The number of benzene rings is 1. The molecule has 130 valence electrons. The monoisotopic (exact) mass is 362 g/mol. The Kier molecular flexibility index (Phi) is 3.87. The first kappa shape index (κ1) is 17.1. The molecule has 2 heterocycles. The lowest BCUT2D eigenvalue weighted by Crippen LogP contribution is -2.19. The second kappa shape index (κ2) is 5.66. The maximum Gasteiger partial charge on any atom is 0.353 e. The van der Waals surface area contributed by atoms with Crippen LogP contribution in [0.25, 0.3) is 11.0 Å². The Balaban J connectivity index is 2.48. The van der Waals surface area contributed by atoms with E-state index in [1.807, 2.05) is 0 Å². The summed E-state index contributed by atoms with van der Waals surface area (Å²) >= 11 is 0. The van der Waals surface area contributed by atoms with E-state index in [2.05, 4.69) is 4.98 Å². The third-order valence-electron chi connectivity index (χ3n) is 3.97. The average Bonchev–Trinajstić information content (AvgIpc) is 2.81. The zero-order valence-electron chi connectivity index (χ0n) is 13.7. The molecule has 0 aliphatic rings. The van der Waals surface area contributed by atoms with Crippen LogP contribution in [0.2, 0.25) is 0 Å². The normalized spacial score (nSPS) is 11.8. The molecule has 3 aromatic rings. The van der Waals surface area contributed by atoms with Crippen molar-refractivity contribution >= 4 is 27.0 Å². The van der Waals surface area contributed by atoms with Gasteiger partial charge < -0.3 is 5.11 Å². The molecular formula is C17H15FN2O4S. The zero-order valence-corrected chi connectivity index (χ0v) is 14.6. The quantitative estimate of drug-likeness (QED) is 0.773. The van der Waals surface area contributed by atoms with E-state index in [9.17, 15) is 22.7 Å². The van der Waals surface area contributed by atoms with E-state index in [-0.39, 0.29) is 27.2 Å². The first-order valence-electron chi connectivity index (χ1n) is 7.38. The van der Waals surface area contributed by atoms with Gasteiger partial charge in [0.15, 0.2) is 5.65 Å². The van der Waals surface area contributed by atoms with Gasteiger partial charge in [-0.1, -0.05) is 17.7 Å². The standard InChI is InChI=1S/C17H15FN2O4S/c1-9-4-6-12(7-5-9)25(23,24)20-15(17(21)22)11(3)14-13(18)8-10(2)19-16(14)20/h4-8H,1-3H3,(H,21,22). The summed E-state index contributed by atoms with van der Waals surface area (Å²) in [6.07, 6.45) is 0. The largest absolute Gasteiger partial charge is 0.477 e. The van der Waals surface area contributed by atoms with Crippen molar-refractivity contribution in [2.45, 2.75) is 25.7 Å². The van der Waals surface area contributed by atoms with E-state index in [0.717, 1.165) is 11.6 Å². The second-order valence-electron chi connectivity index (χ2n) is 5.81. The summed E-state index contributed by atoms with van der Waals surface area (Å²) in [6.45, 7) is 4.68. The molecule has 0 fully saturated rings. The smallest absolute Gasteiger partial charge is 0.353 e. The molecule has 0 aliphatic heterocycles. The Labute approximate surface area is 143 Å². The van der Waals surface area contributed by atoms with Gasteiger partial charge in [-0.3, -0.25) is 0 Å². The van der Waals surface area contributed by atoms with Crippen molar-refractivity contribution in [2.24, 2.45) is 0 Å². The maximum atomic E-state index is 14.4. The predicted molar refractivity (Wildman–Crippen MR) is 89.9 cm³/mol. The van der Waals surface area contributed by atoms with Crippen LogP contribution in [-0.2, 0) is 10.0 Å². The Morgan fingerprint density at radius 3 is 2.32 bits per heavy atom. The van der Waals surface area contributed by atoms with E-state index in [0.29, 0.717) is 3.97 Å². The summed E-state index contributed by atoms with van der Waals surface area (Å²) in [5.74, 6) is -2.18. The Bertz CT molecular complexity index is 1120. The molecule has 6 nitrogen and oxygen atoms in total. The molecule has 0 amide bonds. The minimum Gasteiger partial charge on any atom is -0.477 e. The fourth-order valence-corrected chi connectivity index (χ4v) is 4.29. The fourth-order valence-electron chi connectivity index (χ4n) is 2.78. The lowest BCUT2D eigenvalue weighted by molar-refractivity contribution is 0.0688. The third-order valence-corrected chi connectivity index (χ3v) is 5.67. The number of hydrogen-bond acceptors (Lipinski definition) is 4. The summed E-state index contributed by atoms with van der Waals surface area (Å²) in [5, 5.41) is 9.41. The molecular weight excluding hydrogens is 347 g/mol. The number of hydrogen-bond donors (Lipinski definition) is 1. The molecule has 0 aliphatic carbocycles. The number of pyridine rings is 1. The van der Waals surface area contributed by atoms with Gasteiger partial charge in [0.2, 0.25) is 0 Å². The number of fused-ring (bicyclic) bond motifs is 1. The number of aromatic carboxylic acids is 1. The molecule has 0 atom stereocenters. The number of carbonyl (C=O) groups is 1. The van der Waals surface area contributed by atoms with Gasteiger partial charge in [-0.25, -0.2) is 26.6 Å². The van der Waals surface area contributed by atoms with Crippen molar-refractivity contribution in [2.75, 3.05) is 0 Å². The van der Waals surface area contributed by atoms with Crippen molar-refractivity contribution in [3.8, 4) is 0 Å². The van der Waals surface area contributed by atoms with Crippen molar-refractivity contribution in [3.05, 3.63) is 58.7 Å². The molecule has 3 rings (SSSR count). The first-order chi connectivity index (χ1) is 11.6. The van der Waals surface area contributed by atoms with Crippen LogP contribution in [0.3, 0.4) is 0 Å². The Morgan fingerprint density at radius 1 is 1.16 bits per heavy atom. The molecule has 0 spiro atoms. The van der Waals surface area contributed by atoms with Gasteiger partial charge in [0.05, 0.1) is 10.3 Å². The molecule has 1 N–H and O–H groups in total. The molecule has 25 heavy (non-hydrogen) atoms. The van der Waals surface area contributed by atoms with Crippen LogP contribution in [0, 0.1) is 26.6 Å². The second-order valence-corrected chi connectivity index (χ2v) is 7.59. The average molecular weight is 362 g/mol. The summed E-state index contributed by atoms with van der Waals surface area (Å²) in [6, 6.07) is 7.10. The predicted octanol–water partition coefficient (Wildman–Crippen LogP) is 3.04. The Hall–Kier alpha value is -2.74. The van der Waals surface area contributed by atoms with Gasteiger partial charge in [-0.15, -0.1) is 0 Å². The molecule has 1 aromatic carbocycles. The maximum absolute atomic E-state index is 14.4. The fraction of sp³-hybridized carbons (Fsp3) is 0.176. The first-order valence-corrected chi connectivity index (χ1v) is 8.82. The van der Waals surface area contributed by atoms with Gasteiger partial charge in [0.25, 0.3) is 10.0 Å². The number of carboxylic acids is 1. The van der Waals surface area contributed by atoms with Gasteiger partial charge in [-0.05, 0) is 44.5 Å². The molecule has 0 unspecified atom stereocenters. The van der Waals surface area contributed by atoms with Crippen LogP contribution in [0.5, 0.6) is 0 Å². The highest BCUT2D eigenvalue weighted by Gasteiger charge is 2.31. The lowest BCUT2D eigenvalue weighted by atomic mass is 10.2. The summed E-state index contributed by atoms with van der Waals surface area (Å²) in [5.41, 5.74) is 0.370. The topological polar surface area (TPSA) is 89.3 Å². The van der Waals surface area contributed by atoms with Crippen molar-refractivity contribution in [1.29, 1.82) is 0 Å². The van der Waals surface area contributed by atoms with E-state index in [4.69, 9.17) is 0 Å². The van der Waals surface area contributed by atoms with Crippen molar-refractivity contribution in [3.63, 3.8) is 0 Å². The van der Waals surface area contributed by atoms with Crippen LogP contribution in [0.15, 0.2) is 35.2 Å². The third kappa shape index (κ3) is 2.58. The van der Waals surface area contributed by atoms with Crippen LogP contribution < -0.4 is 0 Å². The highest BCUT2D eigenvalue weighted by Crippen LogP contribution is 2.31. The van der Waals surface area contributed by atoms with Crippen LogP contribution in [-0.4, -0.2) is 28.5 Å². The minimum absolute atomic E-state index is 0.0168. The number of aryl methyl sites for hydroxylation is 3. The van der Waals surface area contributed by atoms with Crippen molar-refractivity contribution < 1.29 is 22.7 Å². The molecule has 0 bridgehead atoms.